The van der Waals surface area contributed by atoms with Crippen molar-refractivity contribution >= 4 is 0 Å². The summed E-state index contributed by atoms with van der Waals surface area (Å²) in [6.45, 7) is 7.92. The molecule has 2 N–H and O–H groups in total. The van der Waals surface area contributed by atoms with Gasteiger partial charge in [-0.05, 0) is 31.4 Å². The monoisotopic (exact) mass is 382 g/mol. The van der Waals surface area contributed by atoms with Crippen LogP contribution in [0.1, 0.15) is 43.2 Å². The minimum Gasteiger partial charge on any atom is -0.343 e. The van der Waals surface area contributed by atoms with Gasteiger partial charge in [-0.15, -0.1) is 6.58 Å². The average molecular weight is 383 g/mol. The maximum absolute atomic E-state index is 6.04. The molecule has 0 spiro atoms. The molecule has 0 bridgehead atoms. The van der Waals surface area contributed by atoms with E-state index in [-0.39, 0.29) is 0 Å². The number of benzene rings is 2. The van der Waals surface area contributed by atoms with E-state index in [9.17, 15) is 0 Å². The van der Waals surface area contributed by atoms with Gasteiger partial charge in [0.15, 0.2) is 5.79 Å². The van der Waals surface area contributed by atoms with E-state index < -0.39 is 5.79 Å². The van der Waals surface area contributed by atoms with Gasteiger partial charge in [-0.3, -0.25) is 10.9 Å². The molecule has 2 aromatic rings. The van der Waals surface area contributed by atoms with Crippen LogP contribution in [-0.2, 0) is 15.3 Å². The van der Waals surface area contributed by atoms with Gasteiger partial charge in [0.05, 0.1) is 13.2 Å². The highest BCUT2D eigenvalue weighted by Crippen LogP contribution is 2.39. The van der Waals surface area contributed by atoms with Crippen molar-refractivity contribution in [3.63, 3.8) is 0 Å². The molecule has 3 rings (SSSR count). The van der Waals surface area contributed by atoms with Crippen LogP contribution in [0.15, 0.2) is 73.3 Å². The first kappa shape index (κ1) is 22.3. The Morgan fingerprint density at radius 2 is 1.64 bits per heavy atom. The molecule has 4 heteroatoms. The Bertz CT molecular complexity index is 655. The molecular formula is C24H34N2O2. The zero-order chi connectivity index (χ0) is 20.1. The summed E-state index contributed by atoms with van der Waals surface area (Å²) in [5.74, 6) is -0.00158. The maximum atomic E-state index is 6.04. The van der Waals surface area contributed by atoms with E-state index in [0.717, 1.165) is 31.4 Å². The van der Waals surface area contributed by atoms with Gasteiger partial charge in [0.2, 0.25) is 0 Å². The van der Waals surface area contributed by atoms with Crippen molar-refractivity contribution < 1.29 is 9.47 Å². The lowest BCUT2D eigenvalue weighted by molar-refractivity contribution is -0.172. The van der Waals surface area contributed by atoms with E-state index in [1.807, 2.05) is 13.1 Å². The number of hydrazine groups is 1. The second-order valence-corrected chi connectivity index (χ2v) is 6.79. The summed E-state index contributed by atoms with van der Waals surface area (Å²) in [6.07, 6.45) is 4.88. The van der Waals surface area contributed by atoms with Gasteiger partial charge in [-0.25, -0.2) is 0 Å². The summed E-state index contributed by atoms with van der Waals surface area (Å²) in [5, 5.41) is 0. The van der Waals surface area contributed by atoms with Crippen LogP contribution in [0.5, 0.6) is 0 Å². The fourth-order valence-corrected chi connectivity index (χ4v) is 3.47. The fourth-order valence-electron chi connectivity index (χ4n) is 3.47. The summed E-state index contributed by atoms with van der Waals surface area (Å²) in [7, 11) is 1.82. The molecule has 1 aliphatic heterocycles. The Hall–Kier alpha value is -1.98. The molecule has 1 unspecified atom stereocenters. The molecule has 0 saturated carbocycles. The van der Waals surface area contributed by atoms with Crippen LogP contribution in [0.4, 0.5) is 0 Å². The largest absolute Gasteiger partial charge is 0.343 e. The van der Waals surface area contributed by atoms with Crippen molar-refractivity contribution in [1.29, 1.82) is 0 Å². The molecule has 1 aliphatic rings. The van der Waals surface area contributed by atoms with Crippen LogP contribution in [0.3, 0.4) is 0 Å². The molecule has 4 nitrogen and oxygen atoms in total. The van der Waals surface area contributed by atoms with Crippen LogP contribution >= 0.6 is 0 Å². The molecule has 0 amide bonds. The van der Waals surface area contributed by atoms with Crippen molar-refractivity contribution in [3.8, 4) is 0 Å². The minimum absolute atomic E-state index is 0.551. The summed E-state index contributed by atoms with van der Waals surface area (Å²) in [4.78, 5) is 0. The van der Waals surface area contributed by atoms with Gasteiger partial charge in [-0.2, -0.15) is 0 Å². The van der Waals surface area contributed by atoms with Gasteiger partial charge in [0.1, 0.15) is 0 Å². The Morgan fingerprint density at radius 1 is 1.04 bits per heavy atom. The Kier molecular flexibility index (Phi) is 9.94. The first-order chi connectivity index (χ1) is 13.8. The molecule has 1 saturated heterocycles. The van der Waals surface area contributed by atoms with E-state index in [4.69, 9.17) is 9.47 Å². The molecule has 1 atom stereocenters. The highest BCUT2D eigenvalue weighted by molar-refractivity contribution is 5.22. The second-order valence-electron chi connectivity index (χ2n) is 6.79. The highest BCUT2D eigenvalue weighted by Gasteiger charge is 2.38. The van der Waals surface area contributed by atoms with E-state index in [1.54, 1.807) is 6.08 Å². The zero-order valence-corrected chi connectivity index (χ0v) is 17.2. The number of rotatable bonds is 9. The molecule has 0 aliphatic carbocycles. The predicted molar refractivity (Wildman–Crippen MR) is 116 cm³/mol. The molecule has 0 radical (unpaired) electrons. The normalized spacial score (nSPS) is 16.1. The Labute approximate surface area is 169 Å². The van der Waals surface area contributed by atoms with Crippen molar-refractivity contribution in [1.82, 2.24) is 10.9 Å². The summed E-state index contributed by atoms with van der Waals surface area (Å²) < 4.78 is 12.1. The molecule has 1 fully saturated rings. The molecular weight excluding hydrogens is 348 g/mol. The Morgan fingerprint density at radius 3 is 2.14 bits per heavy atom. The first-order valence-electron chi connectivity index (χ1n) is 10.1. The summed E-state index contributed by atoms with van der Waals surface area (Å²) >= 11 is 0. The number of hydrogen-bond donors (Lipinski definition) is 2. The highest BCUT2D eigenvalue weighted by atomic mass is 16.7. The average Bonchev–Trinajstić information content (AvgIpc) is 3.25. The van der Waals surface area contributed by atoms with E-state index in [0.29, 0.717) is 19.1 Å². The van der Waals surface area contributed by atoms with Gasteiger partial charge in [-0.1, -0.05) is 73.7 Å². The molecule has 28 heavy (non-hydrogen) atoms. The zero-order valence-electron chi connectivity index (χ0n) is 17.2. The maximum Gasteiger partial charge on any atom is 0.195 e. The van der Waals surface area contributed by atoms with Gasteiger partial charge in [0, 0.05) is 18.5 Å². The van der Waals surface area contributed by atoms with Crippen molar-refractivity contribution in [2.45, 2.75) is 37.9 Å². The van der Waals surface area contributed by atoms with Crippen LogP contribution < -0.4 is 10.9 Å². The van der Waals surface area contributed by atoms with Gasteiger partial charge < -0.3 is 9.47 Å². The first-order valence-corrected chi connectivity index (χ1v) is 10.1. The number of ether oxygens (including phenoxy) is 2. The van der Waals surface area contributed by atoms with Crippen LogP contribution in [0, 0.1) is 0 Å². The van der Waals surface area contributed by atoms with Crippen molar-refractivity contribution in [2.75, 3.05) is 26.8 Å². The smallest absolute Gasteiger partial charge is 0.195 e. The fraction of sp³-hybridized carbons (Fsp3) is 0.417. The third kappa shape index (κ3) is 6.57. The standard InChI is InChI=1S/C20H24O2.C4H10N2/c1-2-17(18-9-5-3-6-10-18)13-14-20(21-15-16-22-20)19-11-7-4-8-12-19;1-3-4-6-5-2/h3-12,17H,2,13-16H2,1H3;3,5-6H,1,4H2,2H3. The van der Waals surface area contributed by atoms with Crippen molar-refractivity contribution in [3.05, 3.63) is 84.4 Å². The lowest BCUT2D eigenvalue weighted by atomic mass is 9.88. The van der Waals surface area contributed by atoms with Gasteiger partial charge >= 0.3 is 0 Å². The van der Waals surface area contributed by atoms with Crippen LogP contribution in [0.25, 0.3) is 0 Å². The lowest BCUT2D eigenvalue weighted by Gasteiger charge is -2.29. The number of nitrogens with one attached hydrogen (secondary N) is 2. The van der Waals surface area contributed by atoms with Crippen LogP contribution in [0.2, 0.25) is 0 Å². The SMILES string of the molecule is C=CCNNC.CCC(CCC1(c2ccccc2)OCCO1)c1ccccc1. The second kappa shape index (κ2) is 12.5. The molecule has 0 aromatic heterocycles. The molecule has 2 aromatic carbocycles. The minimum atomic E-state index is -0.552. The van der Waals surface area contributed by atoms with Crippen molar-refractivity contribution in [2.24, 2.45) is 0 Å². The predicted octanol–water partition coefficient (Wildman–Crippen LogP) is 4.76. The lowest BCUT2D eigenvalue weighted by Crippen LogP contribution is -2.27. The number of hydrogen-bond acceptors (Lipinski definition) is 4. The Balaban J connectivity index is 0.000000409. The van der Waals surface area contributed by atoms with Crippen LogP contribution in [-0.4, -0.2) is 26.8 Å². The summed E-state index contributed by atoms with van der Waals surface area (Å²) in [5.41, 5.74) is 8.12. The molecule has 1 heterocycles. The van der Waals surface area contributed by atoms with Gasteiger partial charge in [0.25, 0.3) is 0 Å². The third-order valence-corrected chi connectivity index (χ3v) is 4.98. The third-order valence-electron chi connectivity index (χ3n) is 4.98. The summed E-state index contributed by atoms with van der Waals surface area (Å²) in [6, 6.07) is 21.1. The van der Waals surface area contributed by atoms with E-state index in [2.05, 4.69) is 79.0 Å². The molecule has 152 valence electrons. The van der Waals surface area contributed by atoms with E-state index >= 15 is 0 Å². The topological polar surface area (TPSA) is 42.5 Å². The quantitative estimate of drug-likeness (QED) is 0.373. The van der Waals surface area contributed by atoms with E-state index in [1.165, 1.54) is 5.56 Å².